The van der Waals surface area contributed by atoms with E-state index in [2.05, 4.69) is 15.3 Å². The fourth-order valence-electron chi connectivity index (χ4n) is 3.28. The van der Waals surface area contributed by atoms with E-state index < -0.39 is 0 Å². The fourth-order valence-corrected chi connectivity index (χ4v) is 4.03. The van der Waals surface area contributed by atoms with Crippen molar-refractivity contribution >= 4 is 17.2 Å². The first kappa shape index (κ1) is 19.8. The summed E-state index contributed by atoms with van der Waals surface area (Å²) in [6.45, 7) is 4.74. The maximum Gasteiger partial charge on any atom is 0.253 e. The van der Waals surface area contributed by atoms with Gasteiger partial charge in [0.25, 0.3) is 5.91 Å². The molecule has 3 aromatic heterocycles. The number of thiazole rings is 1. The predicted octanol–water partition coefficient (Wildman–Crippen LogP) is 4.45. The van der Waals surface area contributed by atoms with Crippen molar-refractivity contribution in [3.05, 3.63) is 94.5 Å². The second kappa shape index (κ2) is 8.92. The number of aryl methyl sites for hydroxylation is 1. The van der Waals surface area contributed by atoms with Crippen LogP contribution >= 0.6 is 11.3 Å². The van der Waals surface area contributed by atoms with Crippen molar-refractivity contribution in [2.45, 2.75) is 27.0 Å². The van der Waals surface area contributed by atoms with E-state index in [4.69, 9.17) is 4.74 Å². The number of benzene rings is 1. The second-order valence-electron chi connectivity index (χ2n) is 6.87. The number of pyridine rings is 1. The summed E-state index contributed by atoms with van der Waals surface area (Å²) in [4.78, 5) is 21.4. The molecule has 1 aromatic carbocycles. The standard InChI is InChI=1S/C23H22N4O2S/c1-16-12-21(17(2)27(16)23-25-10-11-30-23)22(28)26-14-18-6-5-8-20(13-18)29-15-19-7-3-4-9-24-19/h3-13H,14-15H2,1-2H3,(H,26,28). The SMILES string of the molecule is Cc1cc(C(=O)NCc2cccc(OCc3ccccn3)c2)c(C)n1-c1nccs1. The Labute approximate surface area is 179 Å². The van der Waals surface area contributed by atoms with E-state index in [9.17, 15) is 4.79 Å². The Balaban J connectivity index is 1.40. The second-order valence-corrected chi connectivity index (χ2v) is 7.75. The normalized spacial score (nSPS) is 10.7. The smallest absolute Gasteiger partial charge is 0.253 e. The number of rotatable bonds is 7. The highest BCUT2D eigenvalue weighted by Crippen LogP contribution is 2.22. The fraction of sp³-hybridized carbons (Fsp3) is 0.174. The minimum Gasteiger partial charge on any atom is -0.487 e. The number of aromatic nitrogens is 3. The zero-order valence-electron chi connectivity index (χ0n) is 16.8. The Morgan fingerprint density at radius 3 is 2.77 bits per heavy atom. The first-order chi connectivity index (χ1) is 14.6. The lowest BCUT2D eigenvalue weighted by Crippen LogP contribution is -2.23. The molecule has 0 unspecified atom stereocenters. The van der Waals surface area contributed by atoms with Crippen LogP contribution in [0.4, 0.5) is 0 Å². The molecule has 3 heterocycles. The number of carbonyl (C=O) groups is 1. The van der Waals surface area contributed by atoms with Crippen molar-refractivity contribution in [3.63, 3.8) is 0 Å². The van der Waals surface area contributed by atoms with E-state index in [1.54, 1.807) is 23.7 Å². The molecule has 1 amide bonds. The predicted molar refractivity (Wildman–Crippen MR) is 117 cm³/mol. The van der Waals surface area contributed by atoms with Gasteiger partial charge in [-0.25, -0.2) is 4.98 Å². The summed E-state index contributed by atoms with van der Waals surface area (Å²) < 4.78 is 7.82. The molecule has 0 fully saturated rings. The molecule has 0 saturated carbocycles. The van der Waals surface area contributed by atoms with Crippen LogP contribution in [-0.2, 0) is 13.2 Å². The van der Waals surface area contributed by atoms with Crippen LogP contribution < -0.4 is 10.1 Å². The van der Waals surface area contributed by atoms with E-state index >= 15 is 0 Å². The molecule has 6 nitrogen and oxygen atoms in total. The van der Waals surface area contributed by atoms with Crippen LogP contribution in [-0.4, -0.2) is 20.4 Å². The maximum absolute atomic E-state index is 12.8. The molecule has 1 N–H and O–H groups in total. The topological polar surface area (TPSA) is 69.0 Å². The van der Waals surface area contributed by atoms with Crippen molar-refractivity contribution in [2.75, 3.05) is 0 Å². The molecule has 152 valence electrons. The van der Waals surface area contributed by atoms with Gasteiger partial charge < -0.3 is 10.1 Å². The Morgan fingerprint density at radius 1 is 1.10 bits per heavy atom. The van der Waals surface area contributed by atoms with E-state index in [1.165, 1.54) is 0 Å². The van der Waals surface area contributed by atoms with Crippen LogP contribution in [0.2, 0.25) is 0 Å². The zero-order valence-corrected chi connectivity index (χ0v) is 17.6. The van der Waals surface area contributed by atoms with Crippen molar-refractivity contribution in [1.82, 2.24) is 19.9 Å². The quantitative estimate of drug-likeness (QED) is 0.481. The zero-order chi connectivity index (χ0) is 20.9. The van der Waals surface area contributed by atoms with Gasteiger partial charge in [-0.05, 0) is 49.7 Å². The van der Waals surface area contributed by atoms with Crippen molar-refractivity contribution in [3.8, 4) is 10.9 Å². The van der Waals surface area contributed by atoms with Crippen LogP contribution in [0.25, 0.3) is 5.13 Å². The molecule has 4 rings (SSSR count). The lowest BCUT2D eigenvalue weighted by Gasteiger charge is -2.09. The highest BCUT2D eigenvalue weighted by Gasteiger charge is 2.17. The molecular weight excluding hydrogens is 396 g/mol. The summed E-state index contributed by atoms with van der Waals surface area (Å²) in [5, 5.41) is 5.80. The van der Waals surface area contributed by atoms with Crippen LogP contribution in [0.5, 0.6) is 5.75 Å². The summed E-state index contributed by atoms with van der Waals surface area (Å²) in [5.74, 6) is 0.639. The monoisotopic (exact) mass is 418 g/mol. The largest absolute Gasteiger partial charge is 0.487 e. The number of nitrogens with one attached hydrogen (secondary N) is 1. The van der Waals surface area contributed by atoms with Crippen molar-refractivity contribution in [1.29, 1.82) is 0 Å². The lowest BCUT2D eigenvalue weighted by atomic mass is 10.2. The Kier molecular flexibility index (Phi) is 5.90. The molecule has 0 bridgehead atoms. The molecule has 0 aliphatic carbocycles. The summed E-state index contributed by atoms with van der Waals surface area (Å²) in [7, 11) is 0. The van der Waals surface area contributed by atoms with Crippen molar-refractivity contribution in [2.24, 2.45) is 0 Å². The summed E-state index contributed by atoms with van der Waals surface area (Å²) in [6.07, 6.45) is 3.51. The van der Waals surface area contributed by atoms with E-state index in [-0.39, 0.29) is 5.91 Å². The van der Waals surface area contributed by atoms with Crippen LogP contribution in [0.1, 0.15) is 33.0 Å². The van der Waals surface area contributed by atoms with E-state index in [1.807, 2.05) is 72.3 Å². The average Bonchev–Trinajstić information content (AvgIpc) is 3.39. The molecule has 4 aromatic rings. The molecule has 0 aliphatic rings. The third kappa shape index (κ3) is 4.41. The van der Waals surface area contributed by atoms with Gasteiger partial charge in [0.15, 0.2) is 5.13 Å². The van der Waals surface area contributed by atoms with Crippen molar-refractivity contribution < 1.29 is 9.53 Å². The van der Waals surface area contributed by atoms with Gasteiger partial charge >= 0.3 is 0 Å². The summed E-state index contributed by atoms with van der Waals surface area (Å²) in [5.41, 5.74) is 4.36. The summed E-state index contributed by atoms with van der Waals surface area (Å²) >= 11 is 1.55. The molecule has 0 radical (unpaired) electrons. The lowest BCUT2D eigenvalue weighted by molar-refractivity contribution is 0.0950. The van der Waals surface area contributed by atoms with Gasteiger partial charge in [0.1, 0.15) is 12.4 Å². The highest BCUT2D eigenvalue weighted by atomic mass is 32.1. The van der Waals surface area contributed by atoms with E-state index in [0.29, 0.717) is 18.7 Å². The van der Waals surface area contributed by atoms with Gasteiger partial charge in [-0.1, -0.05) is 18.2 Å². The molecular formula is C23H22N4O2S. The minimum absolute atomic E-state index is 0.106. The number of carbonyl (C=O) groups excluding carboxylic acids is 1. The number of amides is 1. The Bertz CT molecular complexity index is 1140. The Morgan fingerprint density at radius 2 is 2.00 bits per heavy atom. The van der Waals surface area contributed by atoms with Gasteiger partial charge in [0, 0.05) is 35.7 Å². The Hall–Kier alpha value is -3.45. The molecule has 0 spiro atoms. The summed E-state index contributed by atoms with van der Waals surface area (Å²) in [6, 6.07) is 15.4. The first-order valence-electron chi connectivity index (χ1n) is 9.60. The number of ether oxygens (including phenoxy) is 1. The van der Waals surface area contributed by atoms with Crippen LogP contribution in [0, 0.1) is 13.8 Å². The molecule has 0 atom stereocenters. The van der Waals surface area contributed by atoms with Crippen LogP contribution in [0.15, 0.2) is 66.3 Å². The van der Waals surface area contributed by atoms with E-state index in [0.717, 1.165) is 33.5 Å². The maximum atomic E-state index is 12.8. The average molecular weight is 419 g/mol. The number of hydrogen-bond donors (Lipinski definition) is 1. The number of hydrogen-bond acceptors (Lipinski definition) is 5. The molecule has 0 saturated heterocycles. The van der Waals surface area contributed by atoms with Gasteiger partial charge in [-0.2, -0.15) is 0 Å². The highest BCUT2D eigenvalue weighted by molar-refractivity contribution is 7.12. The van der Waals surface area contributed by atoms with Gasteiger partial charge in [0.05, 0.1) is 11.3 Å². The minimum atomic E-state index is -0.106. The van der Waals surface area contributed by atoms with Gasteiger partial charge in [0.2, 0.25) is 0 Å². The first-order valence-corrected chi connectivity index (χ1v) is 10.5. The molecule has 7 heteroatoms. The van der Waals surface area contributed by atoms with Gasteiger partial charge in [-0.3, -0.25) is 14.3 Å². The number of nitrogens with zero attached hydrogens (tertiary/aromatic N) is 3. The molecule has 30 heavy (non-hydrogen) atoms. The van der Waals surface area contributed by atoms with Gasteiger partial charge in [-0.15, -0.1) is 11.3 Å². The third-order valence-corrected chi connectivity index (χ3v) is 5.51. The van der Waals surface area contributed by atoms with Crippen LogP contribution in [0.3, 0.4) is 0 Å². The third-order valence-electron chi connectivity index (χ3n) is 4.75. The molecule has 0 aliphatic heterocycles.